The van der Waals surface area contributed by atoms with Crippen molar-refractivity contribution in [2.24, 2.45) is 0 Å². The highest BCUT2D eigenvalue weighted by molar-refractivity contribution is 5.99. The number of furan rings is 1. The van der Waals surface area contributed by atoms with E-state index in [1.807, 2.05) is 12.1 Å². The van der Waals surface area contributed by atoms with Crippen molar-refractivity contribution < 1.29 is 4.42 Å². The van der Waals surface area contributed by atoms with E-state index in [9.17, 15) is 0 Å². The molecular weight excluding hydrogens is 669 g/mol. The van der Waals surface area contributed by atoms with Gasteiger partial charge in [-0.25, -0.2) is 0 Å². The smallest absolute Gasteiger partial charge is 0.136 e. The fourth-order valence-electron chi connectivity index (χ4n) is 9.38. The molecule has 1 aromatic heterocycles. The molecule has 0 saturated heterocycles. The van der Waals surface area contributed by atoms with Crippen molar-refractivity contribution in [1.29, 1.82) is 0 Å². The minimum atomic E-state index is -0.513. The van der Waals surface area contributed by atoms with Crippen molar-refractivity contribution in [2.75, 3.05) is 9.80 Å². The fraction of sp³-hybridized carbons (Fsp3) is 0.0385. The van der Waals surface area contributed by atoms with Crippen molar-refractivity contribution in [3.05, 3.63) is 228 Å². The van der Waals surface area contributed by atoms with Crippen LogP contribution in [0.1, 0.15) is 28.0 Å². The molecule has 2 aliphatic rings. The van der Waals surface area contributed by atoms with Gasteiger partial charge >= 0.3 is 0 Å². The number of aryl methyl sites for hydroxylation is 1. The number of hydrogen-bond donors (Lipinski definition) is 0. The maximum atomic E-state index is 6.33. The van der Waals surface area contributed by atoms with Gasteiger partial charge in [0.1, 0.15) is 11.3 Å². The number of anilines is 6. The Labute approximate surface area is 321 Å². The first-order valence-corrected chi connectivity index (χ1v) is 18.9. The summed E-state index contributed by atoms with van der Waals surface area (Å²) in [5, 5.41) is 1.09. The second kappa shape index (κ2) is 12.2. The Balaban J connectivity index is 1.14. The molecule has 0 N–H and O–H groups in total. The van der Waals surface area contributed by atoms with E-state index in [4.69, 9.17) is 4.42 Å². The molecule has 1 aliphatic heterocycles. The van der Waals surface area contributed by atoms with Crippen LogP contribution in [-0.4, -0.2) is 0 Å². The van der Waals surface area contributed by atoms with Crippen LogP contribution in [0.25, 0.3) is 33.2 Å². The van der Waals surface area contributed by atoms with Crippen LogP contribution in [0.15, 0.2) is 205 Å². The lowest BCUT2D eigenvalue weighted by Crippen LogP contribution is -2.36. The van der Waals surface area contributed by atoms with E-state index >= 15 is 0 Å². The molecule has 55 heavy (non-hydrogen) atoms. The molecule has 0 radical (unpaired) electrons. The van der Waals surface area contributed by atoms with E-state index in [0.29, 0.717) is 0 Å². The first-order chi connectivity index (χ1) is 27.2. The summed E-state index contributed by atoms with van der Waals surface area (Å²) in [6.07, 6.45) is 0. The topological polar surface area (TPSA) is 19.6 Å². The number of benzene rings is 8. The van der Waals surface area contributed by atoms with Gasteiger partial charge in [0.05, 0.1) is 22.5 Å². The average molecular weight is 705 g/mol. The first-order valence-electron chi connectivity index (χ1n) is 18.9. The van der Waals surface area contributed by atoms with Gasteiger partial charge in [-0.2, -0.15) is 0 Å². The summed E-state index contributed by atoms with van der Waals surface area (Å²) >= 11 is 0. The Hall–Kier alpha value is -7.10. The van der Waals surface area contributed by atoms with Crippen molar-refractivity contribution in [3.8, 4) is 22.3 Å². The van der Waals surface area contributed by atoms with Crippen molar-refractivity contribution in [2.45, 2.75) is 12.3 Å². The lowest BCUT2D eigenvalue weighted by Gasteiger charge is -2.45. The van der Waals surface area contributed by atoms with Crippen LogP contribution in [0.5, 0.6) is 0 Å². The van der Waals surface area contributed by atoms with Crippen molar-refractivity contribution in [1.82, 2.24) is 0 Å². The number of rotatable bonds is 5. The van der Waals surface area contributed by atoms with Crippen LogP contribution in [0.4, 0.5) is 34.1 Å². The lowest BCUT2D eigenvalue weighted by molar-refractivity contribution is 0.579. The molecule has 3 heteroatoms. The van der Waals surface area contributed by atoms with E-state index in [2.05, 4.69) is 205 Å². The number of para-hydroxylation sites is 5. The zero-order valence-corrected chi connectivity index (χ0v) is 30.4. The van der Waals surface area contributed by atoms with E-state index in [1.165, 1.54) is 50.3 Å². The first kappa shape index (κ1) is 31.4. The molecule has 0 fully saturated rings. The zero-order valence-electron chi connectivity index (χ0n) is 30.4. The Bertz CT molecular complexity index is 2860. The van der Waals surface area contributed by atoms with Gasteiger partial charge in [0.2, 0.25) is 0 Å². The normalized spacial score (nSPS) is 13.3. The van der Waals surface area contributed by atoms with Gasteiger partial charge in [0.15, 0.2) is 0 Å². The van der Waals surface area contributed by atoms with Crippen LogP contribution in [-0.2, 0) is 5.41 Å². The summed E-state index contributed by atoms with van der Waals surface area (Å²) in [5.41, 5.74) is 17.2. The molecule has 260 valence electrons. The molecule has 0 unspecified atom stereocenters. The summed E-state index contributed by atoms with van der Waals surface area (Å²) in [6, 6.07) is 72.7. The molecule has 9 aromatic rings. The maximum absolute atomic E-state index is 6.33. The molecule has 0 bridgehead atoms. The van der Waals surface area contributed by atoms with E-state index in [-0.39, 0.29) is 0 Å². The monoisotopic (exact) mass is 704 g/mol. The van der Waals surface area contributed by atoms with Crippen molar-refractivity contribution in [3.63, 3.8) is 0 Å². The average Bonchev–Trinajstić information content (AvgIpc) is 3.73. The second-order valence-electron chi connectivity index (χ2n) is 14.5. The number of fused-ring (bicyclic) bond motifs is 10. The van der Waals surface area contributed by atoms with Crippen LogP contribution < -0.4 is 9.80 Å². The molecule has 0 saturated carbocycles. The van der Waals surface area contributed by atoms with Gasteiger partial charge in [-0.15, -0.1) is 0 Å². The van der Waals surface area contributed by atoms with Gasteiger partial charge in [-0.3, -0.25) is 0 Å². The predicted octanol–water partition coefficient (Wildman–Crippen LogP) is 14.0. The number of hydrogen-bond acceptors (Lipinski definition) is 3. The summed E-state index contributed by atoms with van der Waals surface area (Å²) in [6.45, 7) is 2.06. The fourth-order valence-corrected chi connectivity index (χ4v) is 9.38. The highest BCUT2D eigenvalue weighted by atomic mass is 16.3. The lowest BCUT2D eigenvalue weighted by atomic mass is 9.64. The molecule has 1 spiro atoms. The van der Waals surface area contributed by atoms with Crippen LogP contribution >= 0.6 is 0 Å². The third-order valence-corrected chi connectivity index (χ3v) is 11.6. The Kier molecular flexibility index (Phi) is 6.99. The van der Waals surface area contributed by atoms with Crippen LogP contribution in [0.3, 0.4) is 0 Å². The molecule has 2 heterocycles. The van der Waals surface area contributed by atoms with E-state index in [0.717, 1.165) is 45.0 Å². The Morgan fingerprint density at radius 3 is 1.80 bits per heavy atom. The second-order valence-corrected chi connectivity index (χ2v) is 14.5. The summed E-state index contributed by atoms with van der Waals surface area (Å²) in [5.74, 6) is 0.881. The molecule has 3 nitrogen and oxygen atoms in total. The third-order valence-electron chi connectivity index (χ3n) is 11.6. The van der Waals surface area contributed by atoms with E-state index < -0.39 is 5.41 Å². The van der Waals surface area contributed by atoms with E-state index in [1.54, 1.807) is 0 Å². The minimum absolute atomic E-state index is 0.513. The highest BCUT2D eigenvalue weighted by Crippen LogP contribution is 2.63. The standard InChI is InChI=1S/C52H36N2O/c1-35-51(43-24-9-15-30-50(43)55-35)53(38-18-4-2-5-19-38)40-22-16-17-36(33-40)37-31-32-42-41-23-8-10-25-44(41)52(47(42)34-37)45-26-11-13-28-48(45)54(39-20-6-3-7-21-39)49-29-14-12-27-46(49)52/h2-34H,1H3. The zero-order chi connectivity index (χ0) is 36.5. The van der Waals surface area contributed by atoms with Gasteiger partial charge in [0.25, 0.3) is 0 Å². The van der Waals surface area contributed by atoms with Crippen molar-refractivity contribution >= 4 is 45.1 Å². The SMILES string of the molecule is Cc1oc2ccccc2c1N(c1ccccc1)c1cccc(-c2ccc3c(c2)C2(c4ccccc4-3)c3ccccc3N(c3ccccc3)c3ccccc32)c1. The molecule has 1 aliphatic carbocycles. The predicted molar refractivity (Wildman–Crippen MR) is 227 cm³/mol. The Morgan fingerprint density at radius 2 is 1.04 bits per heavy atom. The number of nitrogens with zero attached hydrogens (tertiary/aromatic N) is 2. The largest absolute Gasteiger partial charge is 0.459 e. The summed E-state index contributed by atoms with van der Waals surface area (Å²) < 4.78 is 6.33. The van der Waals surface area contributed by atoms with Crippen LogP contribution in [0.2, 0.25) is 0 Å². The van der Waals surface area contributed by atoms with Gasteiger partial charge in [-0.1, -0.05) is 133 Å². The van der Waals surface area contributed by atoms with Crippen LogP contribution in [0, 0.1) is 6.92 Å². The van der Waals surface area contributed by atoms with Gasteiger partial charge < -0.3 is 14.2 Å². The molecule has 0 amide bonds. The maximum Gasteiger partial charge on any atom is 0.136 e. The summed E-state index contributed by atoms with van der Waals surface area (Å²) in [4.78, 5) is 4.77. The summed E-state index contributed by atoms with van der Waals surface area (Å²) in [7, 11) is 0. The molecule has 0 atom stereocenters. The molecule has 11 rings (SSSR count). The molecular formula is C52H36N2O. The van der Waals surface area contributed by atoms with Gasteiger partial charge in [0, 0.05) is 22.4 Å². The highest BCUT2D eigenvalue weighted by Gasteiger charge is 2.51. The molecule has 8 aromatic carbocycles. The minimum Gasteiger partial charge on any atom is -0.459 e. The quantitative estimate of drug-likeness (QED) is 0.178. The van der Waals surface area contributed by atoms with Gasteiger partial charge in [-0.05, 0) is 118 Å². The Morgan fingerprint density at radius 1 is 0.455 bits per heavy atom. The third kappa shape index (κ3) is 4.57.